The molecule has 1 atom stereocenters. The molecule has 1 saturated heterocycles. The Morgan fingerprint density at radius 3 is 2.48 bits per heavy atom. The maximum absolute atomic E-state index is 13.1. The molecule has 2 aliphatic rings. The molecule has 0 bridgehead atoms. The van der Waals surface area contributed by atoms with Gasteiger partial charge in [0.25, 0.3) is 0 Å². The molecular formula is C27H29ClFN3O. The van der Waals surface area contributed by atoms with Gasteiger partial charge in [-0.3, -0.25) is 0 Å². The van der Waals surface area contributed by atoms with Crippen molar-refractivity contribution >= 4 is 17.3 Å². The van der Waals surface area contributed by atoms with Crippen molar-refractivity contribution in [2.45, 2.75) is 37.8 Å². The van der Waals surface area contributed by atoms with E-state index in [-0.39, 0.29) is 5.82 Å². The van der Waals surface area contributed by atoms with Gasteiger partial charge in [0.15, 0.2) is 0 Å². The van der Waals surface area contributed by atoms with Gasteiger partial charge in [-0.2, -0.15) is 0 Å². The molecule has 0 spiro atoms. The van der Waals surface area contributed by atoms with E-state index >= 15 is 0 Å². The highest BCUT2D eigenvalue weighted by Crippen LogP contribution is 2.36. The van der Waals surface area contributed by atoms with Gasteiger partial charge < -0.3 is 14.9 Å². The SMILES string of the molecule is OC(c1ccc(Cl)nc1)c1ccc2c(c1)N(C1CCN(CCc3ccc(F)cc3)CC1)CC2. The van der Waals surface area contributed by atoms with E-state index in [4.69, 9.17) is 11.6 Å². The second-order valence-electron chi connectivity index (χ2n) is 9.10. The zero-order valence-electron chi connectivity index (χ0n) is 18.6. The first-order chi connectivity index (χ1) is 16.1. The van der Waals surface area contributed by atoms with Crippen molar-refractivity contribution in [3.8, 4) is 0 Å². The molecule has 4 nitrogen and oxygen atoms in total. The van der Waals surface area contributed by atoms with E-state index in [2.05, 4.69) is 26.9 Å². The standard InChI is InChI=1S/C27H29ClFN3O/c28-26-8-5-22(18-30-26)27(33)21-4-3-20-10-16-32(25(20)17-21)24-11-14-31(15-12-24)13-9-19-1-6-23(29)7-2-19/h1-8,17-18,24,27,33H,9-16H2. The smallest absolute Gasteiger partial charge is 0.129 e. The second-order valence-corrected chi connectivity index (χ2v) is 9.48. The zero-order chi connectivity index (χ0) is 22.8. The third kappa shape index (κ3) is 5.06. The number of aromatic nitrogens is 1. The van der Waals surface area contributed by atoms with Crippen molar-refractivity contribution in [2.24, 2.45) is 0 Å². The molecule has 0 saturated carbocycles. The molecule has 33 heavy (non-hydrogen) atoms. The molecule has 3 heterocycles. The molecule has 1 aromatic heterocycles. The highest BCUT2D eigenvalue weighted by atomic mass is 35.5. The lowest BCUT2D eigenvalue weighted by Crippen LogP contribution is -2.45. The number of benzene rings is 2. The molecule has 0 amide bonds. The van der Waals surface area contributed by atoms with Crippen molar-refractivity contribution in [2.75, 3.05) is 31.1 Å². The van der Waals surface area contributed by atoms with Crippen LogP contribution in [0, 0.1) is 5.82 Å². The Morgan fingerprint density at radius 1 is 1.00 bits per heavy atom. The van der Waals surface area contributed by atoms with Crippen LogP contribution in [0.4, 0.5) is 10.1 Å². The van der Waals surface area contributed by atoms with E-state index in [9.17, 15) is 9.50 Å². The number of pyridine rings is 1. The summed E-state index contributed by atoms with van der Waals surface area (Å²) in [5, 5.41) is 11.3. The van der Waals surface area contributed by atoms with Gasteiger partial charge in [0, 0.05) is 49.7 Å². The first-order valence-corrected chi connectivity index (χ1v) is 12.1. The van der Waals surface area contributed by atoms with Crippen molar-refractivity contribution in [3.05, 3.63) is 94.0 Å². The van der Waals surface area contributed by atoms with E-state index in [0.717, 1.165) is 63.0 Å². The average molecular weight is 466 g/mol. The van der Waals surface area contributed by atoms with Gasteiger partial charge in [0.2, 0.25) is 0 Å². The van der Waals surface area contributed by atoms with Crippen LogP contribution in [0.1, 0.15) is 41.2 Å². The largest absolute Gasteiger partial charge is 0.384 e. The van der Waals surface area contributed by atoms with Crippen molar-refractivity contribution in [1.29, 1.82) is 0 Å². The Hall–Kier alpha value is -2.47. The molecular weight excluding hydrogens is 437 g/mol. The quantitative estimate of drug-likeness (QED) is 0.518. The van der Waals surface area contributed by atoms with Gasteiger partial charge >= 0.3 is 0 Å². The summed E-state index contributed by atoms with van der Waals surface area (Å²) in [6.45, 7) is 4.21. The van der Waals surface area contributed by atoms with Crippen molar-refractivity contribution in [3.63, 3.8) is 0 Å². The van der Waals surface area contributed by atoms with Crippen molar-refractivity contribution < 1.29 is 9.50 Å². The lowest BCUT2D eigenvalue weighted by Gasteiger charge is -2.38. The van der Waals surface area contributed by atoms with Crippen LogP contribution in [0.2, 0.25) is 5.15 Å². The lowest BCUT2D eigenvalue weighted by molar-refractivity contribution is 0.211. The summed E-state index contributed by atoms with van der Waals surface area (Å²) in [6.07, 6.45) is 5.21. The molecule has 0 radical (unpaired) electrons. The van der Waals surface area contributed by atoms with Crippen LogP contribution < -0.4 is 4.90 Å². The average Bonchev–Trinajstić information content (AvgIpc) is 3.27. The Balaban J connectivity index is 1.21. The second kappa shape index (κ2) is 9.80. The van der Waals surface area contributed by atoms with Gasteiger partial charge in [-0.15, -0.1) is 0 Å². The number of rotatable bonds is 6. The van der Waals surface area contributed by atoms with Crippen LogP contribution >= 0.6 is 11.6 Å². The number of hydrogen-bond donors (Lipinski definition) is 1. The van der Waals surface area contributed by atoms with Gasteiger partial charge in [-0.1, -0.05) is 41.9 Å². The molecule has 5 rings (SSSR count). The van der Waals surface area contributed by atoms with E-state index in [1.54, 1.807) is 24.4 Å². The van der Waals surface area contributed by atoms with Gasteiger partial charge in [-0.25, -0.2) is 9.37 Å². The Kier molecular flexibility index (Phi) is 6.63. The summed E-state index contributed by atoms with van der Waals surface area (Å²) in [5.41, 5.74) is 5.45. The lowest BCUT2D eigenvalue weighted by atomic mass is 9.99. The van der Waals surface area contributed by atoms with Crippen LogP contribution in [0.3, 0.4) is 0 Å². The summed E-state index contributed by atoms with van der Waals surface area (Å²) in [5.74, 6) is -0.175. The highest BCUT2D eigenvalue weighted by molar-refractivity contribution is 6.29. The fraction of sp³-hybridized carbons (Fsp3) is 0.370. The summed E-state index contributed by atoms with van der Waals surface area (Å²) in [7, 11) is 0. The summed E-state index contributed by atoms with van der Waals surface area (Å²) < 4.78 is 13.1. The number of nitrogens with zero attached hydrogens (tertiary/aromatic N) is 3. The van der Waals surface area contributed by atoms with Gasteiger partial charge in [0.1, 0.15) is 17.1 Å². The Bertz CT molecular complexity index is 1080. The molecule has 6 heteroatoms. The number of piperidine rings is 1. The number of aliphatic hydroxyl groups is 1. The monoisotopic (exact) mass is 465 g/mol. The third-order valence-corrected chi connectivity index (χ3v) is 7.27. The number of likely N-dealkylation sites (tertiary alicyclic amines) is 1. The molecule has 3 aromatic rings. The molecule has 1 fully saturated rings. The maximum Gasteiger partial charge on any atom is 0.129 e. The highest BCUT2D eigenvalue weighted by Gasteiger charge is 2.30. The molecule has 1 N–H and O–H groups in total. The Morgan fingerprint density at radius 2 is 1.76 bits per heavy atom. The molecule has 1 unspecified atom stereocenters. The van der Waals surface area contributed by atoms with Crippen LogP contribution in [0.25, 0.3) is 0 Å². The summed E-state index contributed by atoms with van der Waals surface area (Å²) >= 11 is 5.89. The molecule has 2 aromatic carbocycles. The van der Waals surface area contributed by atoms with E-state index in [1.165, 1.54) is 16.8 Å². The number of anilines is 1. The summed E-state index contributed by atoms with van der Waals surface area (Å²) in [4.78, 5) is 9.17. The molecule has 172 valence electrons. The topological polar surface area (TPSA) is 39.6 Å². The fourth-order valence-corrected chi connectivity index (χ4v) is 5.22. The number of hydrogen-bond acceptors (Lipinski definition) is 4. The predicted octanol–water partition coefficient (Wildman–Crippen LogP) is 5.03. The maximum atomic E-state index is 13.1. The minimum Gasteiger partial charge on any atom is -0.384 e. The number of aliphatic hydroxyl groups excluding tert-OH is 1. The van der Waals surface area contributed by atoms with E-state index < -0.39 is 6.10 Å². The van der Waals surface area contributed by atoms with Gasteiger partial charge in [-0.05, 0) is 66.6 Å². The first kappa shape index (κ1) is 22.3. The van der Waals surface area contributed by atoms with E-state index in [1.807, 2.05) is 24.3 Å². The minimum absolute atomic E-state index is 0.175. The predicted molar refractivity (Wildman–Crippen MR) is 130 cm³/mol. The minimum atomic E-state index is -0.712. The van der Waals surface area contributed by atoms with Crippen LogP contribution in [0.15, 0.2) is 60.8 Å². The fourth-order valence-electron chi connectivity index (χ4n) is 5.10. The van der Waals surface area contributed by atoms with Crippen molar-refractivity contribution in [1.82, 2.24) is 9.88 Å². The summed E-state index contributed by atoms with van der Waals surface area (Å²) in [6, 6.07) is 17.3. The number of fused-ring (bicyclic) bond motifs is 1. The first-order valence-electron chi connectivity index (χ1n) is 11.7. The molecule has 2 aliphatic heterocycles. The van der Waals surface area contributed by atoms with Gasteiger partial charge in [0.05, 0.1) is 0 Å². The third-order valence-electron chi connectivity index (χ3n) is 7.05. The van der Waals surface area contributed by atoms with Crippen LogP contribution in [-0.2, 0) is 12.8 Å². The van der Waals surface area contributed by atoms with Crippen LogP contribution in [0.5, 0.6) is 0 Å². The van der Waals surface area contributed by atoms with E-state index in [0.29, 0.717) is 11.2 Å². The normalized spacial score (nSPS) is 17.8. The zero-order valence-corrected chi connectivity index (χ0v) is 19.4. The molecule has 0 aliphatic carbocycles. The van der Waals surface area contributed by atoms with Crippen LogP contribution in [-0.4, -0.2) is 47.2 Å². The number of halogens is 2. The Labute approximate surface area is 199 Å².